The minimum Gasteiger partial charge on any atom is -0.376 e. The van der Waals surface area contributed by atoms with Crippen molar-refractivity contribution in [2.75, 3.05) is 6.61 Å². The van der Waals surface area contributed by atoms with Crippen molar-refractivity contribution in [1.82, 2.24) is 10.2 Å². The van der Waals surface area contributed by atoms with Gasteiger partial charge in [-0.3, -0.25) is 14.9 Å². The highest BCUT2D eigenvalue weighted by Crippen LogP contribution is 2.21. The first kappa shape index (κ1) is 9.14. The zero-order valence-corrected chi connectivity index (χ0v) is 7.65. The topological polar surface area (TPSA) is 75.7 Å². The lowest BCUT2D eigenvalue weighted by Crippen LogP contribution is -2.44. The van der Waals surface area contributed by atoms with Crippen LogP contribution < -0.4 is 5.32 Å². The molecule has 0 radical (unpaired) electrons. The molecule has 6 nitrogen and oxygen atoms in total. The molecule has 0 saturated carbocycles. The van der Waals surface area contributed by atoms with Crippen molar-refractivity contribution in [3.63, 3.8) is 0 Å². The first-order chi connectivity index (χ1) is 6.61. The summed E-state index contributed by atoms with van der Waals surface area (Å²) in [5.41, 5.74) is 0. The van der Waals surface area contributed by atoms with Crippen molar-refractivity contribution in [1.29, 1.82) is 0 Å². The van der Waals surface area contributed by atoms with Gasteiger partial charge in [0.25, 0.3) is 0 Å². The van der Waals surface area contributed by atoms with Crippen LogP contribution >= 0.6 is 0 Å². The third kappa shape index (κ3) is 1.19. The van der Waals surface area contributed by atoms with Crippen molar-refractivity contribution in [3.05, 3.63) is 0 Å². The van der Waals surface area contributed by atoms with E-state index in [2.05, 4.69) is 0 Å². The van der Waals surface area contributed by atoms with Gasteiger partial charge in [-0.1, -0.05) is 0 Å². The Balaban J connectivity index is 2.21. The van der Waals surface area contributed by atoms with Crippen LogP contribution in [0.5, 0.6) is 0 Å². The van der Waals surface area contributed by atoms with Gasteiger partial charge in [-0.25, -0.2) is 9.69 Å². The summed E-state index contributed by atoms with van der Waals surface area (Å²) in [5, 5.41) is 1.96. The van der Waals surface area contributed by atoms with Crippen molar-refractivity contribution < 1.29 is 19.1 Å². The number of urea groups is 1. The highest BCUT2D eigenvalue weighted by atomic mass is 16.5. The van der Waals surface area contributed by atoms with Crippen molar-refractivity contribution in [2.45, 2.75) is 25.5 Å². The fourth-order valence-electron chi connectivity index (χ4n) is 1.77. The number of rotatable bonds is 1. The summed E-state index contributed by atoms with van der Waals surface area (Å²) in [6.07, 6.45) is 0.392. The minimum absolute atomic E-state index is 0.199. The highest BCUT2D eigenvalue weighted by Gasteiger charge is 2.45. The van der Waals surface area contributed by atoms with E-state index in [1.165, 1.54) is 0 Å². The molecule has 0 aromatic carbocycles. The van der Waals surface area contributed by atoms with Crippen LogP contribution in [-0.2, 0) is 14.3 Å². The molecule has 2 rings (SSSR count). The van der Waals surface area contributed by atoms with Gasteiger partial charge in [0.2, 0.25) is 0 Å². The van der Waals surface area contributed by atoms with Crippen LogP contribution in [0.15, 0.2) is 0 Å². The number of carbonyl (C=O) groups is 3. The maximum Gasteiger partial charge on any atom is 0.331 e. The van der Waals surface area contributed by atoms with Crippen LogP contribution in [-0.4, -0.2) is 41.5 Å². The summed E-state index contributed by atoms with van der Waals surface area (Å²) < 4.78 is 5.22. The molecule has 0 spiro atoms. The lowest BCUT2D eigenvalue weighted by Gasteiger charge is -2.21. The smallest absolute Gasteiger partial charge is 0.331 e. The molecule has 0 aliphatic carbocycles. The Morgan fingerprint density at radius 2 is 2.14 bits per heavy atom. The van der Waals surface area contributed by atoms with Crippen molar-refractivity contribution in [2.24, 2.45) is 0 Å². The van der Waals surface area contributed by atoms with Gasteiger partial charge >= 0.3 is 17.8 Å². The molecule has 14 heavy (non-hydrogen) atoms. The lowest BCUT2D eigenvalue weighted by molar-refractivity contribution is -0.141. The van der Waals surface area contributed by atoms with Crippen LogP contribution in [0.3, 0.4) is 0 Å². The summed E-state index contributed by atoms with van der Waals surface area (Å²) in [6, 6.07) is -0.948. The number of ether oxygens (including phenoxy) is 1. The molecule has 2 fully saturated rings. The third-order valence-corrected chi connectivity index (χ3v) is 2.52. The molecular formula is C8H10N2O4. The highest BCUT2D eigenvalue weighted by molar-refractivity contribution is 6.44. The number of hydrogen-bond donors (Lipinski definition) is 1. The standard InChI is InChI=1S/C8H10N2O4/c1-4-5(2-3-14-4)10-7(12)6(11)9-8(10)13/h4-5H,2-3H2,1H3,(H,9,11,13). The monoisotopic (exact) mass is 198 g/mol. The molecule has 2 saturated heterocycles. The van der Waals surface area contributed by atoms with Crippen LogP contribution in [0.2, 0.25) is 0 Å². The van der Waals surface area contributed by atoms with E-state index < -0.39 is 17.8 Å². The fraction of sp³-hybridized carbons (Fsp3) is 0.625. The molecule has 0 aromatic rings. The summed E-state index contributed by atoms with van der Waals surface area (Å²) in [6.45, 7) is 2.29. The predicted molar refractivity (Wildman–Crippen MR) is 44.2 cm³/mol. The average Bonchev–Trinajstić information content (AvgIpc) is 2.60. The van der Waals surface area contributed by atoms with E-state index in [-0.39, 0.29) is 12.1 Å². The Bertz CT molecular complexity index is 314. The first-order valence-electron chi connectivity index (χ1n) is 4.41. The summed E-state index contributed by atoms with van der Waals surface area (Å²) in [4.78, 5) is 34.4. The van der Waals surface area contributed by atoms with Gasteiger partial charge in [0.05, 0.1) is 12.1 Å². The van der Waals surface area contributed by atoms with Gasteiger partial charge in [0, 0.05) is 6.61 Å². The lowest BCUT2D eigenvalue weighted by atomic mass is 10.1. The Morgan fingerprint density at radius 3 is 2.57 bits per heavy atom. The number of carbonyl (C=O) groups excluding carboxylic acids is 3. The van der Waals surface area contributed by atoms with Gasteiger partial charge in [-0.2, -0.15) is 0 Å². The molecule has 0 bridgehead atoms. The average molecular weight is 198 g/mol. The van der Waals surface area contributed by atoms with E-state index in [0.717, 1.165) is 4.90 Å². The number of imide groups is 2. The van der Waals surface area contributed by atoms with E-state index in [1.807, 2.05) is 5.32 Å². The van der Waals surface area contributed by atoms with E-state index >= 15 is 0 Å². The minimum atomic E-state index is -0.853. The van der Waals surface area contributed by atoms with Gasteiger partial charge in [-0.05, 0) is 13.3 Å². The quantitative estimate of drug-likeness (QED) is 0.444. The maximum absolute atomic E-state index is 11.3. The molecule has 6 heteroatoms. The van der Waals surface area contributed by atoms with Crippen LogP contribution in [0.4, 0.5) is 4.79 Å². The normalized spacial score (nSPS) is 32.6. The van der Waals surface area contributed by atoms with E-state index in [4.69, 9.17) is 4.74 Å². The number of amides is 4. The number of nitrogens with one attached hydrogen (secondary N) is 1. The first-order valence-corrected chi connectivity index (χ1v) is 4.41. The maximum atomic E-state index is 11.3. The summed E-state index contributed by atoms with van der Waals surface area (Å²) in [7, 11) is 0. The molecule has 2 aliphatic rings. The number of nitrogens with zero attached hydrogens (tertiary/aromatic N) is 1. The molecule has 4 amide bonds. The SMILES string of the molecule is CC1OCCC1N1C(=O)NC(=O)C1=O. The van der Waals surface area contributed by atoms with E-state index in [9.17, 15) is 14.4 Å². The Labute approximate surface area is 80.2 Å². The van der Waals surface area contributed by atoms with Crippen LogP contribution in [0.1, 0.15) is 13.3 Å². The third-order valence-electron chi connectivity index (χ3n) is 2.52. The van der Waals surface area contributed by atoms with Crippen LogP contribution in [0.25, 0.3) is 0 Å². The van der Waals surface area contributed by atoms with Gasteiger partial charge in [0.15, 0.2) is 0 Å². The molecule has 2 atom stereocenters. The second kappa shape index (κ2) is 3.06. The largest absolute Gasteiger partial charge is 0.376 e. The molecule has 0 aromatic heterocycles. The zero-order chi connectivity index (χ0) is 10.3. The summed E-state index contributed by atoms with van der Waals surface area (Å²) >= 11 is 0. The molecular weight excluding hydrogens is 188 g/mol. The van der Waals surface area contributed by atoms with E-state index in [0.29, 0.717) is 13.0 Å². The Hall–Kier alpha value is -1.43. The second-order valence-electron chi connectivity index (χ2n) is 3.37. The molecule has 2 aliphatic heterocycles. The summed E-state index contributed by atoms with van der Waals surface area (Å²) in [5.74, 6) is -1.63. The predicted octanol–water partition coefficient (Wildman–Crippen LogP) is -0.758. The molecule has 2 unspecified atom stereocenters. The van der Waals surface area contributed by atoms with Gasteiger partial charge in [-0.15, -0.1) is 0 Å². The second-order valence-corrected chi connectivity index (χ2v) is 3.37. The van der Waals surface area contributed by atoms with Gasteiger partial charge < -0.3 is 4.74 Å². The van der Waals surface area contributed by atoms with Crippen molar-refractivity contribution >= 4 is 17.8 Å². The number of hydrogen-bond acceptors (Lipinski definition) is 4. The molecule has 76 valence electrons. The van der Waals surface area contributed by atoms with E-state index in [1.54, 1.807) is 6.92 Å². The fourth-order valence-corrected chi connectivity index (χ4v) is 1.77. The Morgan fingerprint density at radius 1 is 1.43 bits per heavy atom. The van der Waals surface area contributed by atoms with Crippen LogP contribution in [0, 0.1) is 0 Å². The Kier molecular flexibility index (Phi) is 1.99. The van der Waals surface area contributed by atoms with Gasteiger partial charge in [0.1, 0.15) is 0 Å². The molecule has 2 heterocycles. The van der Waals surface area contributed by atoms with Crippen molar-refractivity contribution in [3.8, 4) is 0 Å². The zero-order valence-electron chi connectivity index (χ0n) is 7.65. The molecule has 1 N–H and O–H groups in total.